The van der Waals surface area contributed by atoms with E-state index in [9.17, 15) is 9.59 Å². The monoisotopic (exact) mass is 377 g/mol. The maximum Gasteiger partial charge on any atom is 0.339 e. The van der Waals surface area contributed by atoms with Crippen LogP contribution in [-0.2, 0) is 9.47 Å². The smallest absolute Gasteiger partial charge is 0.339 e. The number of carbonyl (C=O) groups excluding carboxylic acids is 2. The second-order valence-electron chi connectivity index (χ2n) is 6.91. The van der Waals surface area contributed by atoms with Gasteiger partial charge in [-0.15, -0.1) is 0 Å². The molecule has 1 rings (SSSR count). The van der Waals surface area contributed by atoms with Crippen LogP contribution in [0, 0.1) is 0 Å². The van der Waals surface area contributed by atoms with Gasteiger partial charge in [0.05, 0.1) is 24.3 Å². The van der Waals surface area contributed by atoms with Crippen molar-refractivity contribution in [3.05, 3.63) is 29.3 Å². The molecule has 0 saturated carbocycles. The zero-order valence-electron chi connectivity index (χ0n) is 16.9. The molecule has 0 fully saturated rings. The molecule has 0 aliphatic rings. The van der Waals surface area contributed by atoms with Gasteiger partial charge in [0, 0.05) is 5.69 Å². The Kier molecular flexibility index (Phi) is 12.0. The summed E-state index contributed by atoms with van der Waals surface area (Å²) in [7, 11) is 0. The summed E-state index contributed by atoms with van der Waals surface area (Å²) in [6.45, 7) is 5.03. The fourth-order valence-electron chi connectivity index (χ4n) is 2.81. The molecule has 0 spiro atoms. The summed E-state index contributed by atoms with van der Waals surface area (Å²) in [5, 5.41) is 0. The Bertz CT molecular complexity index is 571. The Hall–Kier alpha value is -2.04. The molecule has 0 atom stereocenters. The number of unbranched alkanes of at least 4 members (excludes halogenated alkanes) is 8. The molecule has 5 heteroatoms. The lowest BCUT2D eigenvalue weighted by Gasteiger charge is -2.11. The van der Waals surface area contributed by atoms with E-state index in [0.29, 0.717) is 18.9 Å². The second-order valence-corrected chi connectivity index (χ2v) is 6.91. The molecular formula is C22H35NO4. The fraction of sp³-hybridized carbons (Fsp3) is 0.636. The highest BCUT2D eigenvalue weighted by molar-refractivity contribution is 6.03. The molecule has 1 aromatic rings. The molecular weight excluding hydrogens is 342 g/mol. The zero-order chi connectivity index (χ0) is 19.9. The first-order chi connectivity index (χ1) is 13.1. The third-order valence-corrected chi connectivity index (χ3v) is 4.45. The first kappa shape index (κ1) is 23.0. The molecule has 0 aliphatic carbocycles. The van der Waals surface area contributed by atoms with E-state index in [4.69, 9.17) is 15.2 Å². The van der Waals surface area contributed by atoms with E-state index in [1.54, 1.807) is 6.07 Å². The van der Waals surface area contributed by atoms with E-state index in [1.807, 2.05) is 0 Å². The lowest BCUT2D eigenvalue weighted by Crippen LogP contribution is -2.15. The first-order valence-electron chi connectivity index (χ1n) is 10.3. The third kappa shape index (κ3) is 9.45. The van der Waals surface area contributed by atoms with Crippen molar-refractivity contribution in [2.24, 2.45) is 0 Å². The number of hydrogen-bond acceptors (Lipinski definition) is 5. The highest BCUT2D eigenvalue weighted by Crippen LogP contribution is 2.17. The van der Waals surface area contributed by atoms with Crippen LogP contribution < -0.4 is 5.73 Å². The molecule has 0 heterocycles. The van der Waals surface area contributed by atoms with E-state index in [0.717, 1.165) is 38.5 Å². The van der Waals surface area contributed by atoms with Crippen LogP contribution in [0.4, 0.5) is 5.69 Å². The van der Waals surface area contributed by atoms with Crippen molar-refractivity contribution in [3.8, 4) is 0 Å². The third-order valence-electron chi connectivity index (χ3n) is 4.45. The summed E-state index contributed by atoms with van der Waals surface area (Å²) in [6.07, 6.45) is 10.7. The normalized spacial score (nSPS) is 10.6. The van der Waals surface area contributed by atoms with Gasteiger partial charge >= 0.3 is 11.9 Å². The quantitative estimate of drug-likeness (QED) is 0.262. The summed E-state index contributed by atoms with van der Waals surface area (Å²) in [4.78, 5) is 24.7. The Morgan fingerprint density at radius 2 is 1.22 bits per heavy atom. The summed E-state index contributed by atoms with van der Waals surface area (Å²) in [6, 6.07) is 4.61. The van der Waals surface area contributed by atoms with Crippen molar-refractivity contribution >= 4 is 17.6 Å². The highest BCUT2D eigenvalue weighted by Gasteiger charge is 2.19. The number of rotatable bonds is 14. The van der Waals surface area contributed by atoms with Gasteiger partial charge in [0.15, 0.2) is 0 Å². The fourth-order valence-corrected chi connectivity index (χ4v) is 2.81. The number of benzene rings is 1. The van der Waals surface area contributed by atoms with E-state index < -0.39 is 11.9 Å². The minimum Gasteiger partial charge on any atom is -0.462 e. The Balaban J connectivity index is 2.52. The van der Waals surface area contributed by atoms with E-state index in [-0.39, 0.29) is 11.1 Å². The molecule has 0 unspecified atom stereocenters. The molecule has 2 N–H and O–H groups in total. The SMILES string of the molecule is CCCCCCCOC(=O)c1ccc(N)cc1C(=O)OCCCCCCC. The lowest BCUT2D eigenvalue weighted by molar-refractivity contribution is 0.0450. The maximum atomic E-state index is 12.4. The van der Waals surface area contributed by atoms with Gasteiger partial charge in [-0.1, -0.05) is 65.2 Å². The van der Waals surface area contributed by atoms with Gasteiger partial charge in [-0.3, -0.25) is 0 Å². The molecule has 1 aromatic carbocycles. The average molecular weight is 378 g/mol. The molecule has 0 radical (unpaired) electrons. The number of anilines is 1. The van der Waals surface area contributed by atoms with Crippen molar-refractivity contribution in [1.82, 2.24) is 0 Å². The first-order valence-corrected chi connectivity index (χ1v) is 10.3. The van der Waals surface area contributed by atoms with Crippen LogP contribution in [0.15, 0.2) is 18.2 Å². The molecule has 27 heavy (non-hydrogen) atoms. The molecule has 152 valence electrons. The van der Waals surface area contributed by atoms with Crippen molar-refractivity contribution in [2.45, 2.75) is 78.1 Å². The topological polar surface area (TPSA) is 78.6 Å². The molecule has 5 nitrogen and oxygen atoms in total. The summed E-state index contributed by atoms with van der Waals surface area (Å²) in [5.74, 6) is -1.02. The van der Waals surface area contributed by atoms with Crippen LogP contribution in [0.25, 0.3) is 0 Å². The van der Waals surface area contributed by atoms with Crippen LogP contribution in [0.2, 0.25) is 0 Å². The van der Waals surface area contributed by atoms with Crippen LogP contribution in [0.3, 0.4) is 0 Å². The van der Waals surface area contributed by atoms with Gasteiger partial charge in [0.2, 0.25) is 0 Å². The number of nitrogen functional groups attached to an aromatic ring is 1. The average Bonchev–Trinajstić information content (AvgIpc) is 2.66. The lowest BCUT2D eigenvalue weighted by atomic mass is 10.1. The van der Waals surface area contributed by atoms with Crippen LogP contribution >= 0.6 is 0 Å². The van der Waals surface area contributed by atoms with Crippen molar-refractivity contribution in [2.75, 3.05) is 18.9 Å². The van der Waals surface area contributed by atoms with Gasteiger partial charge in [0.1, 0.15) is 0 Å². The van der Waals surface area contributed by atoms with Gasteiger partial charge in [0.25, 0.3) is 0 Å². The molecule has 0 aromatic heterocycles. The van der Waals surface area contributed by atoms with Crippen LogP contribution in [0.5, 0.6) is 0 Å². The zero-order valence-corrected chi connectivity index (χ0v) is 16.9. The van der Waals surface area contributed by atoms with Gasteiger partial charge in [-0.2, -0.15) is 0 Å². The van der Waals surface area contributed by atoms with E-state index in [1.165, 1.54) is 37.8 Å². The molecule has 0 aliphatic heterocycles. The highest BCUT2D eigenvalue weighted by atomic mass is 16.5. The maximum absolute atomic E-state index is 12.4. The van der Waals surface area contributed by atoms with Crippen molar-refractivity contribution in [3.63, 3.8) is 0 Å². The number of ether oxygens (including phenoxy) is 2. The summed E-state index contributed by atoms with van der Waals surface area (Å²) < 4.78 is 10.6. The summed E-state index contributed by atoms with van der Waals surface area (Å²) in [5.41, 5.74) is 6.60. The van der Waals surface area contributed by atoms with Crippen LogP contribution in [0.1, 0.15) is 98.8 Å². The molecule has 0 amide bonds. The van der Waals surface area contributed by atoms with Gasteiger partial charge < -0.3 is 15.2 Å². The number of hydrogen-bond donors (Lipinski definition) is 1. The Labute approximate surface area is 163 Å². The standard InChI is InChI=1S/C22H35NO4/c1-3-5-7-9-11-15-26-21(24)19-14-13-18(23)17-20(19)22(25)27-16-12-10-8-6-4-2/h13-14,17H,3-12,15-16,23H2,1-2H3. The molecule has 0 saturated heterocycles. The van der Waals surface area contributed by atoms with Crippen molar-refractivity contribution < 1.29 is 19.1 Å². The predicted molar refractivity (Wildman–Crippen MR) is 109 cm³/mol. The van der Waals surface area contributed by atoms with Gasteiger partial charge in [-0.05, 0) is 31.0 Å². The minimum atomic E-state index is -0.521. The van der Waals surface area contributed by atoms with Gasteiger partial charge in [-0.25, -0.2) is 9.59 Å². The Morgan fingerprint density at radius 1 is 0.741 bits per heavy atom. The Morgan fingerprint density at radius 3 is 1.74 bits per heavy atom. The van der Waals surface area contributed by atoms with Crippen molar-refractivity contribution in [1.29, 1.82) is 0 Å². The number of carbonyl (C=O) groups is 2. The minimum absolute atomic E-state index is 0.180. The van der Waals surface area contributed by atoms with Crippen LogP contribution in [-0.4, -0.2) is 25.2 Å². The summed E-state index contributed by atoms with van der Waals surface area (Å²) >= 11 is 0. The van der Waals surface area contributed by atoms with E-state index >= 15 is 0 Å². The largest absolute Gasteiger partial charge is 0.462 e. The number of esters is 2. The second kappa shape index (κ2) is 14.1. The predicted octanol–water partition coefficient (Wildman–Crippen LogP) is 5.52. The molecule has 0 bridgehead atoms. The van der Waals surface area contributed by atoms with E-state index in [2.05, 4.69) is 13.8 Å². The number of nitrogens with two attached hydrogens (primary N) is 1.